The molecule has 1 aliphatic rings. The summed E-state index contributed by atoms with van der Waals surface area (Å²) in [5.41, 5.74) is 1.81. The first-order valence-electron chi connectivity index (χ1n) is 7.10. The lowest BCUT2D eigenvalue weighted by Gasteiger charge is -2.12. The summed E-state index contributed by atoms with van der Waals surface area (Å²) < 4.78 is 0. The normalized spacial score (nSPS) is 17.7. The van der Waals surface area contributed by atoms with Crippen molar-refractivity contribution < 1.29 is 4.79 Å². The van der Waals surface area contributed by atoms with Crippen molar-refractivity contribution in [2.75, 3.05) is 5.01 Å². The van der Waals surface area contributed by atoms with E-state index >= 15 is 0 Å². The molecule has 24 heavy (non-hydrogen) atoms. The third kappa shape index (κ3) is 3.31. The maximum atomic E-state index is 12.6. The second kappa shape index (κ2) is 6.93. The van der Waals surface area contributed by atoms with Crippen LogP contribution < -0.4 is 5.01 Å². The topological polar surface area (TPSA) is 45.0 Å². The van der Waals surface area contributed by atoms with Gasteiger partial charge in [0.05, 0.1) is 27.1 Å². The van der Waals surface area contributed by atoms with Crippen molar-refractivity contribution in [3.8, 4) is 0 Å². The van der Waals surface area contributed by atoms with Gasteiger partial charge in [0.2, 0.25) is 0 Å². The Bertz CT molecular complexity index is 847. The molecule has 1 heterocycles. The van der Waals surface area contributed by atoms with Crippen molar-refractivity contribution in [3.63, 3.8) is 0 Å². The van der Waals surface area contributed by atoms with E-state index in [2.05, 4.69) is 10.1 Å². The average Bonchev–Trinajstić information content (AvgIpc) is 2.84. The predicted molar refractivity (Wildman–Crippen MR) is 100 cm³/mol. The zero-order valence-corrected chi connectivity index (χ0v) is 14.8. The van der Waals surface area contributed by atoms with Gasteiger partial charge < -0.3 is 0 Å². The van der Waals surface area contributed by atoms with Gasteiger partial charge in [-0.3, -0.25) is 9.79 Å². The molecule has 4 nitrogen and oxygen atoms in total. The van der Waals surface area contributed by atoms with Crippen LogP contribution in [0.3, 0.4) is 0 Å². The van der Waals surface area contributed by atoms with Gasteiger partial charge >= 0.3 is 0 Å². The van der Waals surface area contributed by atoms with Gasteiger partial charge in [0.15, 0.2) is 0 Å². The molecular weight excluding hydrogens is 369 g/mol. The number of benzene rings is 2. The molecule has 122 valence electrons. The zero-order valence-electron chi connectivity index (χ0n) is 12.6. The molecule has 1 unspecified atom stereocenters. The van der Waals surface area contributed by atoms with Crippen molar-refractivity contribution in [1.29, 1.82) is 0 Å². The van der Waals surface area contributed by atoms with E-state index in [1.165, 1.54) is 11.2 Å². The van der Waals surface area contributed by atoms with Crippen LogP contribution >= 0.6 is 34.8 Å². The third-order valence-corrected chi connectivity index (χ3v) is 4.61. The number of amides is 1. The Hall–Kier alpha value is -1.88. The van der Waals surface area contributed by atoms with Crippen LogP contribution in [-0.4, -0.2) is 17.8 Å². The average molecular weight is 381 g/mol. The van der Waals surface area contributed by atoms with E-state index in [-0.39, 0.29) is 5.91 Å². The fourth-order valence-electron chi connectivity index (χ4n) is 2.27. The largest absolute Gasteiger partial charge is 0.271 e. The van der Waals surface area contributed by atoms with Gasteiger partial charge in [-0.05, 0) is 43.3 Å². The number of hydrazone groups is 1. The van der Waals surface area contributed by atoms with Crippen LogP contribution in [0.5, 0.6) is 0 Å². The SMILES string of the molecule is CC1=NN(c2ccc(Cl)cc2)C(=O)C1C=Nc1cccc(Cl)c1Cl. The van der Waals surface area contributed by atoms with Gasteiger partial charge in [-0.15, -0.1) is 0 Å². The molecule has 0 spiro atoms. The molecule has 0 radical (unpaired) electrons. The van der Waals surface area contributed by atoms with E-state index in [9.17, 15) is 4.79 Å². The molecule has 0 saturated heterocycles. The summed E-state index contributed by atoms with van der Waals surface area (Å²) in [7, 11) is 0. The fraction of sp³-hybridized carbons (Fsp3) is 0.118. The van der Waals surface area contributed by atoms with E-state index in [1.807, 2.05) is 0 Å². The van der Waals surface area contributed by atoms with E-state index < -0.39 is 5.92 Å². The molecule has 1 amide bonds. The molecule has 0 bridgehead atoms. The van der Waals surface area contributed by atoms with E-state index in [0.29, 0.717) is 32.2 Å². The molecule has 1 atom stereocenters. The van der Waals surface area contributed by atoms with Crippen LogP contribution in [0.1, 0.15) is 6.92 Å². The Kier molecular flexibility index (Phi) is 4.90. The molecule has 3 rings (SSSR count). The van der Waals surface area contributed by atoms with Crippen LogP contribution in [0, 0.1) is 5.92 Å². The molecule has 0 aliphatic carbocycles. The standard InChI is InChI=1S/C17H12Cl3N3O/c1-10-13(9-21-15-4-2-3-14(19)16(15)20)17(24)23(22-10)12-7-5-11(18)6-8-12/h2-9,13H,1H3. The second-order valence-electron chi connectivity index (χ2n) is 5.20. The summed E-state index contributed by atoms with van der Waals surface area (Å²) in [4.78, 5) is 16.9. The minimum absolute atomic E-state index is 0.184. The monoisotopic (exact) mass is 379 g/mol. The van der Waals surface area contributed by atoms with E-state index in [1.54, 1.807) is 49.4 Å². The first-order chi connectivity index (χ1) is 11.5. The first kappa shape index (κ1) is 17.0. The van der Waals surface area contributed by atoms with Crippen molar-refractivity contribution in [3.05, 3.63) is 57.5 Å². The summed E-state index contributed by atoms with van der Waals surface area (Å²) in [6.07, 6.45) is 1.54. The minimum atomic E-state index is -0.546. The third-order valence-electron chi connectivity index (χ3n) is 3.55. The number of carbonyl (C=O) groups excluding carboxylic acids is 1. The van der Waals surface area contributed by atoms with Gasteiger partial charge in [-0.1, -0.05) is 40.9 Å². The lowest BCUT2D eigenvalue weighted by molar-refractivity contribution is -0.118. The van der Waals surface area contributed by atoms with Gasteiger partial charge in [0, 0.05) is 11.2 Å². The Balaban J connectivity index is 1.84. The highest BCUT2D eigenvalue weighted by Crippen LogP contribution is 2.32. The van der Waals surface area contributed by atoms with Crippen molar-refractivity contribution in [1.82, 2.24) is 0 Å². The summed E-state index contributed by atoms with van der Waals surface area (Å²) >= 11 is 17.9. The summed E-state index contributed by atoms with van der Waals surface area (Å²) in [6.45, 7) is 1.78. The van der Waals surface area contributed by atoms with Crippen LogP contribution in [-0.2, 0) is 4.79 Å². The quantitative estimate of drug-likeness (QED) is 0.659. The minimum Gasteiger partial charge on any atom is -0.271 e. The summed E-state index contributed by atoms with van der Waals surface area (Å²) in [5, 5.41) is 7.02. The number of rotatable bonds is 3. The Morgan fingerprint density at radius 1 is 1.12 bits per heavy atom. The number of halogens is 3. The van der Waals surface area contributed by atoms with Crippen LogP contribution in [0.15, 0.2) is 52.6 Å². The highest BCUT2D eigenvalue weighted by atomic mass is 35.5. The number of hydrogen-bond acceptors (Lipinski definition) is 3. The molecule has 0 fully saturated rings. The van der Waals surface area contributed by atoms with E-state index in [4.69, 9.17) is 34.8 Å². The number of anilines is 1. The highest BCUT2D eigenvalue weighted by molar-refractivity contribution is 6.43. The molecular formula is C17H12Cl3N3O. The van der Waals surface area contributed by atoms with Gasteiger partial charge in [0.25, 0.3) is 5.91 Å². The van der Waals surface area contributed by atoms with E-state index in [0.717, 1.165) is 0 Å². The second-order valence-corrected chi connectivity index (χ2v) is 6.42. The van der Waals surface area contributed by atoms with Crippen LogP contribution in [0.25, 0.3) is 0 Å². The first-order valence-corrected chi connectivity index (χ1v) is 8.23. The van der Waals surface area contributed by atoms with Crippen molar-refractivity contribution in [2.24, 2.45) is 16.0 Å². The van der Waals surface area contributed by atoms with Gasteiger partial charge in [0.1, 0.15) is 5.92 Å². The number of carbonyl (C=O) groups is 1. The van der Waals surface area contributed by atoms with Crippen LogP contribution in [0.2, 0.25) is 15.1 Å². The maximum absolute atomic E-state index is 12.6. The molecule has 0 aromatic heterocycles. The zero-order chi connectivity index (χ0) is 17.3. The number of nitrogens with zero attached hydrogens (tertiary/aromatic N) is 3. The summed E-state index contributed by atoms with van der Waals surface area (Å²) in [5.74, 6) is -0.729. The van der Waals surface area contributed by atoms with Crippen molar-refractivity contribution in [2.45, 2.75) is 6.92 Å². The summed E-state index contributed by atoms with van der Waals surface area (Å²) in [6, 6.07) is 12.1. The lowest BCUT2D eigenvalue weighted by Crippen LogP contribution is -2.27. The Labute approximate surface area is 154 Å². The van der Waals surface area contributed by atoms with Gasteiger partial charge in [-0.2, -0.15) is 10.1 Å². The lowest BCUT2D eigenvalue weighted by atomic mass is 10.1. The highest BCUT2D eigenvalue weighted by Gasteiger charge is 2.33. The maximum Gasteiger partial charge on any atom is 0.261 e. The van der Waals surface area contributed by atoms with Crippen molar-refractivity contribution >= 4 is 64.0 Å². The van der Waals surface area contributed by atoms with Gasteiger partial charge in [-0.25, -0.2) is 0 Å². The molecule has 1 aliphatic heterocycles. The molecule has 0 saturated carbocycles. The predicted octanol–water partition coefficient (Wildman–Crippen LogP) is 5.39. The van der Waals surface area contributed by atoms with Crippen LogP contribution in [0.4, 0.5) is 11.4 Å². The fourth-order valence-corrected chi connectivity index (χ4v) is 2.74. The molecule has 2 aromatic rings. The Morgan fingerprint density at radius 3 is 2.54 bits per heavy atom. The molecule has 7 heteroatoms. The molecule has 0 N–H and O–H groups in total. The number of aliphatic imine (C=N–C) groups is 1. The smallest absolute Gasteiger partial charge is 0.261 e. The Morgan fingerprint density at radius 2 is 1.83 bits per heavy atom. The molecule has 2 aromatic carbocycles. The number of hydrogen-bond donors (Lipinski definition) is 0.